The molecule has 2 rings (SSSR count). The summed E-state index contributed by atoms with van der Waals surface area (Å²) in [7, 11) is 0. The molecule has 0 unspecified atom stereocenters. The van der Waals surface area contributed by atoms with E-state index < -0.39 is 0 Å². The molecule has 0 spiro atoms. The summed E-state index contributed by atoms with van der Waals surface area (Å²) < 4.78 is 0. The smallest absolute Gasteiger partial charge is 0.0681 e. The van der Waals surface area contributed by atoms with Crippen molar-refractivity contribution in [2.45, 2.75) is 51.6 Å². The quantitative estimate of drug-likeness (QED) is 0.719. The first-order chi connectivity index (χ1) is 7.85. The van der Waals surface area contributed by atoms with E-state index in [-0.39, 0.29) is 6.61 Å². The summed E-state index contributed by atoms with van der Waals surface area (Å²) in [4.78, 5) is 0. The molecule has 1 aliphatic carbocycles. The molecule has 1 nitrogen and oxygen atoms in total. The molecule has 2 atom stereocenters. The zero-order valence-electron chi connectivity index (χ0n) is 10.2. The van der Waals surface area contributed by atoms with Gasteiger partial charge in [-0.15, -0.1) is 0 Å². The van der Waals surface area contributed by atoms with Crippen molar-refractivity contribution in [2.24, 2.45) is 5.92 Å². The monoisotopic (exact) mass is 218 g/mol. The van der Waals surface area contributed by atoms with Crippen molar-refractivity contribution in [3.05, 3.63) is 35.4 Å². The molecule has 0 aliphatic heterocycles. The van der Waals surface area contributed by atoms with E-state index >= 15 is 0 Å². The summed E-state index contributed by atoms with van der Waals surface area (Å²) in [5.41, 5.74) is 2.49. The Balaban J connectivity index is 1.85. The lowest BCUT2D eigenvalue weighted by Gasteiger charge is -2.03. The highest BCUT2D eigenvalue weighted by molar-refractivity contribution is 5.30. The predicted octanol–water partition coefficient (Wildman–Crippen LogP) is 3.86. The second kappa shape index (κ2) is 5.49. The lowest BCUT2D eigenvalue weighted by atomic mass is 10.0. The number of rotatable bonds is 6. The zero-order chi connectivity index (χ0) is 11.4. The first-order valence-electron chi connectivity index (χ1n) is 6.55. The molecule has 1 saturated carbocycles. The van der Waals surface area contributed by atoms with Crippen LogP contribution in [0.25, 0.3) is 0 Å². The van der Waals surface area contributed by atoms with Gasteiger partial charge in [-0.1, -0.05) is 50.5 Å². The van der Waals surface area contributed by atoms with E-state index in [0.29, 0.717) is 0 Å². The normalized spacial score (nSPS) is 23.4. The van der Waals surface area contributed by atoms with Gasteiger partial charge in [-0.2, -0.15) is 0 Å². The van der Waals surface area contributed by atoms with Gasteiger partial charge >= 0.3 is 0 Å². The van der Waals surface area contributed by atoms with Crippen LogP contribution in [0.1, 0.15) is 56.1 Å². The minimum absolute atomic E-state index is 0.168. The molecule has 0 amide bonds. The van der Waals surface area contributed by atoms with Crippen LogP contribution in [0.3, 0.4) is 0 Å². The van der Waals surface area contributed by atoms with Gasteiger partial charge in [0.05, 0.1) is 6.61 Å². The molecule has 1 fully saturated rings. The zero-order valence-corrected chi connectivity index (χ0v) is 10.2. The van der Waals surface area contributed by atoms with E-state index in [1.165, 1.54) is 37.7 Å². The van der Waals surface area contributed by atoms with E-state index in [1.54, 1.807) is 0 Å². The van der Waals surface area contributed by atoms with Crippen molar-refractivity contribution in [3.63, 3.8) is 0 Å². The van der Waals surface area contributed by atoms with E-state index in [9.17, 15) is 0 Å². The molecule has 16 heavy (non-hydrogen) atoms. The fourth-order valence-electron chi connectivity index (χ4n) is 2.55. The van der Waals surface area contributed by atoms with Crippen LogP contribution in [0.2, 0.25) is 0 Å². The molecule has 0 bridgehead atoms. The van der Waals surface area contributed by atoms with Gasteiger partial charge in [-0.25, -0.2) is 0 Å². The molecule has 1 aromatic rings. The summed E-state index contributed by atoms with van der Waals surface area (Å²) in [5.74, 6) is 1.70. The van der Waals surface area contributed by atoms with Crippen molar-refractivity contribution in [1.29, 1.82) is 0 Å². The van der Waals surface area contributed by atoms with Crippen molar-refractivity contribution in [2.75, 3.05) is 0 Å². The first kappa shape index (κ1) is 11.7. The molecule has 1 N–H and O–H groups in total. The van der Waals surface area contributed by atoms with Crippen LogP contribution >= 0.6 is 0 Å². The van der Waals surface area contributed by atoms with E-state index in [1.807, 2.05) is 6.07 Å². The Bertz CT molecular complexity index is 332. The topological polar surface area (TPSA) is 20.2 Å². The van der Waals surface area contributed by atoms with Gasteiger partial charge in [-0.05, 0) is 35.8 Å². The lowest BCUT2D eigenvalue weighted by Crippen LogP contribution is -1.88. The van der Waals surface area contributed by atoms with Crippen LogP contribution in [0.5, 0.6) is 0 Å². The van der Waals surface area contributed by atoms with E-state index in [2.05, 4.69) is 25.1 Å². The number of aliphatic hydroxyl groups excluding tert-OH is 1. The molecule has 1 aromatic carbocycles. The number of hydrogen-bond acceptors (Lipinski definition) is 1. The van der Waals surface area contributed by atoms with Crippen molar-refractivity contribution in [1.82, 2.24) is 0 Å². The summed E-state index contributed by atoms with van der Waals surface area (Å²) >= 11 is 0. The molecule has 0 aromatic heterocycles. The Morgan fingerprint density at radius 1 is 1.31 bits per heavy atom. The minimum atomic E-state index is 0.168. The maximum absolute atomic E-state index is 9.10. The average molecular weight is 218 g/mol. The summed E-state index contributed by atoms with van der Waals surface area (Å²) in [6, 6.07) is 8.45. The van der Waals surface area contributed by atoms with Gasteiger partial charge in [-0.3, -0.25) is 0 Å². The second-order valence-electron chi connectivity index (χ2n) is 5.00. The summed E-state index contributed by atoms with van der Waals surface area (Å²) in [6.07, 6.45) is 6.83. The summed E-state index contributed by atoms with van der Waals surface area (Å²) in [5, 5.41) is 9.10. The largest absolute Gasteiger partial charge is 0.392 e. The summed E-state index contributed by atoms with van der Waals surface area (Å²) in [6.45, 7) is 2.43. The van der Waals surface area contributed by atoms with Gasteiger partial charge in [0.15, 0.2) is 0 Å². The SMILES string of the molecule is CCCCC[C@@H]1C[C@@H]1c1cccc(CO)c1. The highest BCUT2D eigenvalue weighted by atomic mass is 16.3. The van der Waals surface area contributed by atoms with Crippen molar-refractivity contribution in [3.8, 4) is 0 Å². The predicted molar refractivity (Wildman–Crippen MR) is 67.4 cm³/mol. The second-order valence-corrected chi connectivity index (χ2v) is 5.00. The highest BCUT2D eigenvalue weighted by Gasteiger charge is 2.37. The first-order valence-corrected chi connectivity index (χ1v) is 6.55. The Kier molecular flexibility index (Phi) is 4.00. The minimum Gasteiger partial charge on any atom is -0.392 e. The van der Waals surface area contributed by atoms with Gasteiger partial charge < -0.3 is 5.11 Å². The van der Waals surface area contributed by atoms with Crippen LogP contribution < -0.4 is 0 Å². The fraction of sp³-hybridized carbons (Fsp3) is 0.600. The molecule has 0 saturated heterocycles. The standard InChI is InChI=1S/C15H22O/c1-2-3-4-7-14-10-15(14)13-8-5-6-12(9-13)11-16/h5-6,8-9,14-16H,2-4,7,10-11H2,1H3/t14-,15-/m1/s1. The van der Waals surface area contributed by atoms with Crippen LogP contribution in [0, 0.1) is 5.92 Å². The molecule has 0 heterocycles. The van der Waals surface area contributed by atoms with Crippen LogP contribution in [0.15, 0.2) is 24.3 Å². The van der Waals surface area contributed by atoms with Gasteiger partial charge in [0, 0.05) is 0 Å². The Morgan fingerprint density at radius 3 is 2.94 bits per heavy atom. The average Bonchev–Trinajstić information content (AvgIpc) is 3.09. The number of aliphatic hydroxyl groups is 1. The maximum atomic E-state index is 9.10. The molecule has 1 heteroatoms. The van der Waals surface area contributed by atoms with Crippen LogP contribution in [-0.2, 0) is 6.61 Å². The molecule has 1 aliphatic rings. The Morgan fingerprint density at radius 2 is 2.19 bits per heavy atom. The number of hydrogen-bond donors (Lipinski definition) is 1. The lowest BCUT2D eigenvalue weighted by molar-refractivity contribution is 0.281. The van der Waals surface area contributed by atoms with E-state index in [4.69, 9.17) is 5.11 Å². The van der Waals surface area contributed by atoms with Crippen molar-refractivity contribution >= 4 is 0 Å². The molecular formula is C15H22O. The maximum Gasteiger partial charge on any atom is 0.0681 e. The third-order valence-electron chi connectivity index (χ3n) is 3.66. The number of unbranched alkanes of at least 4 members (excludes halogenated alkanes) is 2. The third kappa shape index (κ3) is 2.85. The molecule has 88 valence electrons. The Labute approximate surface area is 98.5 Å². The van der Waals surface area contributed by atoms with Crippen LogP contribution in [-0.4, -0.2) is 5.11 Å². The molecular weight excluding hydrogens is 196 g/mol. The Hall–Kier alpha value is -0.820. The van der Waals surface area contributed by atoms with Gasteiger partial charge in [0.2, 0.25) is 0 Å². The van der Waals surface area contributed by atoms with Gasteiger partial charge in [0.1, 0.15) is 0 Å². The van der Waals surface area contributed by atoms with Crippen molar-refractivity contribution < 1.29 is 5.11 Å². The third-order valence-corrected chi connectivity index (χ3v) is 3.66. The fourth-order valence-corrected chi connectivity index (χ4v) is 2.55. The van der Waals surface area contributed by atoms with Crippen LogP contribution in [0.4, 0.5) is 0 Å². The number of benzene rings is 1. The van der Waals surface area contributed by atoms with Gasteiger partial charge in [0.25, 0.3) is 0 Å². The van der Waals surface area contributed by atoms with E-state index in [0.717, 1.165) is 17.4 Å². The molecule has 0 radical (unpaired) electrons. The highest BCUT2D eigenvalue weighted by Crippen LogP contribution is 2.50.